The van der Waals surface area contributed by atoms with E-state index in [0.717, 1.165) is 0 Å². The summed E-state index contributed by atoms with van der Waals surface area (Å²) in [6.07, 6.45) is 2.92. The first-order valence-corrected chi connectivity index (χ1v) is 9.05. The van der Waals surface area contributed by atoms with Crippen LogP contribution in [0.5, 0.6) is 0 Å². The van der Waals surface area contributed by atoms with E-state index in [1.54, 1.807) is 27.9 Å². The maximum absolute atomic E-state index is 12.3. The lowest BCUT2D eigenvalue weighted by Gasteiger charge is -2.37. The van der Waals surface area contributed by atoms with Gasteiger partial charge in [-0.05, 0) is 26.8 Å². The van der Waals surface area contributed by atoms with Gasteiger partial charge >= 0.3 is 12.1 Å². The number of amides is 1. The third-order valence-corrected chi connectivity index (χ3v) is 4.56. The number of nitrogens with zero attached hydrogens (tertiary/aromatic N) is 4. The van der Waals surface area contributed by atoms with Gasteiger partial charge in [-0.2, -0.15) is 0 Å². The van der Waals surface area contributed by atoms with Gasteiger partial charge in [0, 0.05) is 26.2 Å². The van der Waals surface area contributed by atoms with Crippen LogP contribution in [0.4, 0.5) is 10.6 Å². The van der Waals surface area contributed by atoms with E-state index in [1.807, 2.05) is 25.7 Å². The number of carbonyl (C=O) groups excluding carboxylic acids is 2. The second kappa shape index (κ2) is 7.26. The quantitative estimate of drug-likeness (QED) is 0.729. The van der Waals surface area contributed by atoms with E-state index in [9.17, 15) is 9.59 Å². The fraction of sp³-hybridized carbons (Fsp3) is 0.500. The molecule has 0 radical (unpaired) electrons. The van der Waals surface area contributed by atoms with Gasteiger partial charge in [-0.1, -0.05) is 11.6 Å². The lowest BCUT2D eigenvalue weighted by Crippen LogP contribution is -2.50. The van der Waals surface area contributed by atoms with Crippen molar-refractivity contribution in [1.82, 2.24) is 14.3 Å². The first kappa shape index (κ1) is 19.3. The molecule has 8 nitrogen and oxygen atoms in total. The van der Waals surface area contributed by atoms with Crippen LogP contribution in [0.2, 0.25) is 5.02 Å². The molecule has 3 rings (SSSR count). The Morgan fingerprint density at radius 1 is 1.19 bits per heavy atom. The molecule has 0 atom stereocenters. The number of fused-ring (bicyclic) bond motifs is 1. The monoisotopic (exact) mass is 394 g/mol. The van der Waals surface area contributed by atoms with Crippen LogP contribution in [0, 0.1) is 0 Å². The Bertz CT molecular complexity index is 866. The van der Waals surface area contributed by atoms with Crippen LogP contribution >= 0.6 is 11.6 Å². The Morgan fingerprint density at radius 2 is 1.85 bits per heavy atom. The van der Waals surface area contributed by atoms with Gasteiger partial charge in [0.15, 0.2) is 0 Å². The SMILES string of the molecule is COC(=O)c1cc(Cl)c2cncn2c1N1CCN(C(=O)OC(C)(C)C)CC1. The van der Waals surface area contributed by atoms with Crippen molar-refractivity contribution in [2.45, 2.75) is 26.4 Å². The number of esters is 1. The minimum atomic E-state index is -0.536. The summed E-state index contributed by atoms with van der Waals surface area (Å²) >= 11 is 6.29. The number of piperazine rings is 1. The fourth-order valence-corrected chi connectivity index (χ4v) is 3.29. The van der Waals surface area contributed by atoms with Gasteiger partial charge in [-0.15, -0.1) is 0 Å². The predicted octanol–water partition coefficient (Wildman–Crippen LogP) is 2.83. The Balaban J connectivity index is 1.87. The number of ether oxygens (including phenoxy) is 2. The molecule has 2 aromatic rings. The van der Waals surface area contributed by atoms with Crippen molar-refractivity contribution in [2.24, 2.45) is 0 Å². The van der Waals surface area contributed by atoms with Crippen molar-refractivity contribution in [3.05, 3.63) is 29.2 Å². The van der Waals surface area contributed by atoms with E-state index in [-0.39, 0.29) is 6.09 Å². The third kappa shape index (κ3) is 3.95. The molecule has 0 aliphatic carbocycles. The van der Waals surface area contributed by atoms with Crippen molar-refractivity contribution in [1.29, 1.82) is 0 Å². The first-order chi connectivity index (χ1) is 12.7. The highest BCUT2D eigenvalue weighted by Gasteiger charge is 2.29. The molecule has 0 spiro atoms. The van der Waals surface area contributed by atoms with Crippen LogP contribution < -0.4 is 4.90 Å². The van der Waals surface area contributed by atoms with Crippen molar-refractivity contribution >= 4 is 35.0 Å². The lowest BCUT2D eigenvalue weighted by molar-refractivity contribution is 0.0239. The molecule has 1 aliphatic rings. The minimum Gasteiger partial charge on any atom is -0.465 e. The predicted molar refractivity (Wildman–Crippen MR) is 102 cm³/mol. The van der Waals surface area contributed by atoms with Crippen LogP contribution in [-0.4, -0.2) is 65.2 Å². The summed E-state index contributed by atoms with van der Waals surface area (Å²) in [5, 5.41) is 0.420. The van der Waals surface area contributed by atoms with E-state index >= 15 is 0 Å². The average Bonchev–Trinajstić information content (AvgIpc) is 3.10. The number of anilines is 1. The zero-order valence-corrected chi connectivity index (χ0v) is 16.6. The molecule has 1 saturated heterocycles. The highest BCUT2D eigenvalue weighted by atomic mass is 35.5. The van der Waals surface area contributed by atoms with Crippen LogP contribution in [0.25, 0.3) is 5.52 Å². The van der Waals surface area contributed by atoms with Gasteiger partial charge in [0.05, 0.1) is 23.8 Å². The van der Waals surface area contributed by atoms with E-state index < -0.39 is 11.6 Å². The molecule has 2 aromatic heterocycles. The molecule has 1 fully saturated rings. The Hall–Kier alpha value is -2.48. The third-order valence-electron chi connectivity index (χ3n) is 4.26. The highest BCUT2D eigenvalue weighted by Crippen LogP contribution is 2.30. The van der Waals surface area contributed by atoms with Crippen LogP contribution in [0.15, 0.2) is 18.6 Å². The number of pyridine rings is 1. The van der Waals surface area contributed by atoms with Crippen molar-refractivity contribution in [3.63, 3.8) is 0 Å². The fourth-order valence-electron chi connectivity index (χ4n) is 3.05. The minimum absolute atomic E-state index is 0.334. The molecule has 3 heterocycles. The summed E-state index contributed by atoms with van der Waals surface area (Å²) in [5.74, 6) is 0.180. The maximum atomic E-state index is 12.3. The van der Waals surface area contributed by atoms with Crippen molar-refractivity contribution in [2.75, 3.05) is 38.2 Å². The molecule has 0 bridgehead atoms. The van der Waals surface area contributed by atoms with E-state index in [2.05, 4.69) is 4.98 Å². The second-order valence-corrected chi connectivity index (χ2v) is 7.73. The van der Waals surface area contributed by atoms with Crippen LogP contribution in [0.1, 0.15) is 31.1 Å². The molecule has 27 heavy (non-hydrogen) atoms. The number of carbonyl (C=O) groups is 2. The topological polar surface area (TPSA) is 76.4 Å². The first-order valence-electron chi connectivity index (χ1n) is 8.67. The van der Waals surface area contributed by atoms with E-state index in [1.165, 1.54) is 7.11 Å². The lowest BCUT2D eigenvalue weighted by atomic mass is 10.2. The molecule has 1 aliphatic heterocycles. The van der Waals surface area contributed by atoms with Crippen molar-refractivity contribution in [3.8, 4) is 0 Å². The van der Waals surface area contributed by atoms with Gasteiger partial charge in [-0.3, -0.25) is 4.40 Å². The standard InChI is InChI=1S/C18H23ClN4O4/c1-18(2,3)27-17(25)22-7-5-21(6-8-22)15-12(16(24)26-4)9-13(19)14-10-20-11-23(14)15/h9-11H,5-8H2,1-4H3. The number of hydrogen-bond donors (Lipinski definition) is 0. The summed E-state index contributed by atoms with van der Waals surface area (Å²) in [6.45, 7) is 7.56. The van der Waals surface area contributed by atoms with Gasteiger partial charge in [0.2, 0.25) is 0 Å². The smallest absolute Gasteiger partial charge is 0.410 e. The maximum Gasteiger partial charge on any atom is 0.410 e. The average molecular weight is 395 g/mol. The Kier molecular flexibility index (Phi) is 5.19. The van der Waals surface area contributed by atoms with Gasteiger partial charge in [0.1, 0.15) is 23.3 Å². The summed E-state index contributed by atoms with van der Waals surface area (Å²) in [4.78, 5) is 32.4. The van der Waals surface area contributed by atoms with Gasteiger partial charge in [-0.25, -0.2) is 14.6 Å². The highest BCUT2D eigenvalue weighted by molar-refractivity contribution is 6.34. The van der Waals surface area contributed by atoms with Crippen LogP contribution in [-0.2, 0) is 9.47 Å². The summed E-state index contributed by atoms with van der Waals surface area (Å²) in [5.41, 5.74) is 0.526. The molecule has 0 unspecified atom stereocenters. The summed E-state index contributed by atoms with van der Waals surface area (Å²) in [6, 6.07) is 1.60. The number of aromatic nitrogens is 2. The molecule has 0 aromatic carbocycles. The summed E-state index contributed by atoms with van der Waals surface area (Å²) < 4.78 is 12.1. The van der Waals surface area contributed by atoms with Gasteiger partial charge < -0.3 is 19.3 Å². The van der Waals surface area contributed by atoms with E-state index in [4.69, 9.17) is 21.1 Å². The molecule has 1 amide bonds. The zero-order valence-electron chi connectivity index (χ0n) is 15.9. The number of rotatable bonds is 2. The van der Waals surface area contributed by atoms with Crippen LogP contribution in [0.3, 0.4) is 0 Å². The molecular weight excluding hydrogens is 372 g/mol. The largest absolute Gasteiger partial charge is 0.465 e. The Labute approximate surface area is 162 Å². The number of hydrogen-bond acceptors (Lipinski definition) is 6. The second-order valence-electron chi connectivity index (χ2n) is 7.32. The van der Waals surface area contributed by atoms with Gasteiger partial charge in [0.25, 0.3) is 0 Å². The van der Waals surface area contributed by atoms with Crippen molar-refractivity contribution < 1.29 is 19.1 Å². The Morgan fingerprint density at radius 3 is 2.44 bits per heavy atom. The molecule has 0 saturated carbocycles. The zero-order chi connectivity index (χ0) is 19.8. The number of halogens is 1. The molecule has 0 N–H and O–H groups in total. The molecule has 9 heteroatoms. The number of imidazole rings is 1. The normalized spacial score (nSPS) is 15.1. The van der Waals surface area contributed by atoms with E-state index in [0.29, 0.717) is 48.1 Å². The summed E-state index contributed by atoms with van der Waals surface area (Å²) in [7, 11) is 1.33. The molecule has 146 valence electrons. The number of methoxy groups -OCH3 is 1. The molecular formula is C18H23ClN4O4.